The van der Waals surface area contributed by atoms with Crippen molar-refractivity contribution < 1.29 is 123 Å². The predicted octanol–water partition coefficient (Wildman–Crippen LogP) is 14.4. The van der Waals surface area contributed by atoms with Gasteiger partial charge >= 0.3 is 55.5 Å². The van der Waals surface area contributed by atoms with Crippen LogP contribution >= 0.6 is 0 Å². The smallest absolute Gasteiger partial charge is 0.199 e. The van der Waals surface area contributed by atoms with Crippen LogP contribution in [0.2, 0.25) is 0 Å². The van der Waals surface area contributed by atoms with Gasteiger partial charge in [-0.2, -0.15) is 145 Å². The predicted molar refractivity (Wildman–Crippen MR) is 205 cm³/mol. The molecule has 0 aliphatic carbocycles. The summed E-state index contributed by atoms with van der Waals surface area (Å²) in [6, 6.07) is 1.97. The van der Waals surface area contributed by atoms with Crippen LogP contribution in [0.3, 0.4) is 0 Å². The largest absolute Gasteiger partial charge is 0.416 e. The molecule has 1 nitrogen and oxygen atoms in total. The first-order chi connectivity index (χ1) is 32.9. The number of benzene rings is 5. The number of alkyl halides is 24. The van der Waals surface area contributed by atoms with Gasteiger partial charge in [0.2, 0.25) is 17.9 Å². The Hall–Kier alpha value is -6.58. The third-order valence-electron chi connectivity index (χ3n) is 10.7. The SMILES string of the molecule is FC(F)(F)c1cc([B-](c2cc(C(F)(F)F)cc(C(F)(F)F)c2)(c2cc(C(F)(F)F)cc(C(F)(F)F)c2)c2cc(C(F)(F)F)cc(C(F)(F)F)c2)cc(C(F)(F)F)c1.FC(F)=C(F)C[n+]1cccc2ccccc21. The molecule has 29 heteroatoms. The number of hydrogen-bond acceptors (Lipinski definition) is 0. The Balaban J connectivity index is 0.000000520. The second-order valence-electron chi connectivity index (χ2n) is 15.6. The van der Waals surface area contributed by atoms with E-state index in [1.807, 2.05) is 18.2 Å². The van der Waals surface area contributed by atoms with Gasteiger partial charge in [0.25, 0.3) is 0 Å². The number of pyridine rings is 1. The molecule has 1 aromatic heterocycles. The Labute approximate surface area is 389 Å². The van der Waals surface area contributed by atoms with E-state index < -0.39 is 213 Å². The summed E-state index contributed by atoms with van der Waals surface area (Å²) < 4.78 is 379. The van der Waals surface area contributed by atoms with Gasteiger partial charge in [0.05, 0.1) is 44.5 Å². The lowest BCUT2D eigenvalue weighted by atomic mass is 9.12. The summed E-state index contributed by atoms with van der Waals surface area (Å²) in [7, 11) is 0. The van der Waals surface area contributed by atoms with Crippen molar-refractivity contribution in [1.82, 2.24) is 0 Å². The topological polar surface area (TPSA) is 3.88 Å². The van der Waals surface area contributed by atoms with E-state index in [1.165, 1.54) is 4.57 Å². The molecule has 0 aliphatic rings. The van der Waals surface area contributed by atoms with Gasteiger partial charge in [-0.15, -0.1) is 0 Å². The van der Waals surface area contributed by atoms with Crippen molar-refractivity contribution in [1.29, 1.82) is 0 Å². The molecule has 0 fully saturated rings. The van der Waals surface area contributed by atoms with Crippen LogP contribution < -0.4 is 26.4 Å². The van der Waals surface area contributed by atoms with E-state index in [0.717, 1.165) is 10.9 Å². The highest BCUT2D eigenvalue weighted by atomic mass is 19.4. The Morgan fingerprint density at radius 2 is 0.562 bits per heavy atom. The van der Waals surface area contributed by atoms with Crippen molar-refractivity contribution in [3.63, 3.8) is 0 Å². The van der Waals surface area contributed by atoms with E-state index in [2.05, 4.69) is 0 Å². The quantitative estimate of drug-likeness (QED) is 0.0889. The summed E-state index contributed by atoms with van der Waals surface area (Å²) in [5.41, 5.74) is -29.5. The highest BCUT2D eigenvalue weighted by molar-refractivity contribution is 7.20. The van der Waals surface area contributed by atoms with E-state index in [9.17, 15) is 119 Å². The lowest BCUT2D eigenvalue weighted by Crippen LogP contribution is -2.75. The van der Waals surface area contributed by atoms with E-state index in [4.69, 9.17) is 0 Å². The molecule has 0 saturated heterocycles. The number of aromatic nitrogens is 1. The molecule has 0 N–H and O–H groups in total. The van der Waals surface area contributed by atoms with Crippen LogP contribution in [0.5, 0.6) is 0 Å². The molecular formula is C44H21BF27N. The van der Waals surface area contributed by atoms with Gasteiger partial charge in [0, 0.05) is 17.5 Å². The van der Waals surface area contributed by atoms with Crippen molar-refractivity contribution in [2.75, 3.05) is 0 Å². The fourth-order valence-electron chi connectivity index (χ4n) is 7.64. The van der Waals surface area contributed by atoms with E-state index in [1.54, 1.807) is 24.4 Å². The zero-order valence-corrected chi connectivity index (χ0v) is 34.9. The second kappa shape index (κ2) is 19.4. The van der Waals surface area contributed by atoms with Gasteiger partial charge in [0.1, 0.15) is 6.15 Å². The molecular weight excluding hydrogens is 1070 g/mol. The Morgan fingerprint density at radius 1 is 0.329 bits per heavy atom. The summed E-state index contributed by atoms with van der Waals surface area (Å²) in [4.78, 5) is 0. The first-order valence-corrected chi connectivity index (χ1v) is 19.4. The van der Waals surface area contributed by atoms with Crippen LogP contribution in [0.4, 0.5) is 119 Å². The van der Waals surface area contributed by atoms with Crippen LogP contribution in [-0.4, -0.2) is 6.15 Å². The van der Waals surface area contributed by atoms with E-state index >= 15 is 0 Å². The maximum Gasteiger partial charge on any atom is 0.416 e. The third kappa shape index (κ3) is 13.0. The van der Waals surface area contributed by atoms with E-state index in [0.29, 0.717) is 0 Å². The van der Waals surface area contributed by atoms with Crippen molar-refractivity contribution in [3.05, 3.63) is 172 Å². The molecule has 0 atom stereocenters. The third-order valence-corrected chi connectivity index (χ3v) is 10.7. The standard InChI is InChI=1S/C32H12BF24.C12H9F3N/c34-25(35,36)13-1-14(26(37,38)39)6-21(5-13)33(22-7-15(27(40,41)42)2-16(8-22)28(43,44)45,23-9-17(29(46,47)48)3-18(10-23)30(49,50)51)24-11-19(31(52,53)54)4-20(12-24)32(55,56)57;13-10(12(14)15)8-16-7-3-5-9-4-1-2-6-11(9)16/h1-12H;1-7H,8H2/q-1;+1. The zero-order chi connectivity index (χ0) is 55.5. The van der Waals surface area contributed by atoms with E-state index in [-0.39, 0.29) is 0 Å². The number of rotatable bonds is 6. The molecule has 5 aromatic carbocycles. The van der Waals surface area contributed by atoms with Gasteiger partial charge in [-0.05, 0) is 36.4 Å². The first-order valence-electron chi connectivity index (χ1n) is 19.4. The maximum absolute atomic E-state index is 14.2. The molecule has 6 aromatic rings. The highest BCUT2D eigenvalue weighted by Crippen LogP contribution is 2.41. The van der Waals surface area contributed by atoms with Crippen LogP contribution in [0, 0.1) is 0 Å². The number of hydrogen-bond donors (Lipinski definition) is 0. The highest BCUT2D eigenvalue weighted by Gasteiger charge is 2.47. The molecule has 0 radical (unpaired) electrons. The Morgan fingerprint density at radius 3 is 0.795 bits per heavy atom. The second-order valence-corrected chi connectivity index (χ2v) is 15.6. The fraction of sp³-hybridized carbons (Fsp3) is 0.205. The molecule has 0 spiro atoms. The van der Waals surface area contributed by atoms with Crippen LogP contribution in [0.1, 0.15) is 44.5 Å². The summed E-state index contributed by atoms with van der Waals surface area (Å²) >= 11 is 0. The monoisotopic (exact) mass is 1090 g/mol. The summed E-state index contributed by atoms with van der Waals surface area (Å²) in [6.45, 7) is -0.441. The number of fused-ring (bicyclic) bond motifs is 1. The molecule has 0 unspecified atom stereocenters. The first kappa shape index (κ1) is 57.3. The molecule has 6 rings (SSSR count). The van der Waals surface area contributed by atoms with Crippen LogP contribution in [-0.2, 0) is 56.0 Å². The lowest BCUT2D eigenvalue weighted by Gasteiger charge is -2.46. The average Bonchev–Trinajstić information content (AvgIpc) is 3.24. The minimum atomic E-state index is -6.13. The average molecular weight is 1090 g/mol. The van der Waals surface area contributed by atoms with Gasteiger partial charge in [-0.25, -0.2) is 0 Å². The normalized spacial score (nSPS) is 13.5. The Bertz CT molecular complexity index is 2570. The molecule has 0 amide bonds. The van der Waals surface area contributed by atoms with Gasteiger partial charge in [0.15, 0.2) is 6.20 Å². The molecule has 0 saturated carbocycles. The zero-order valence-electron chi connectivity index (χ0n) is 34.9. The van der Waals surface area contributed by atoms with Crippen molar-refractivity contribution in [3.8, 4) is 0 Å². The van der Waals surface area contributed by atoms with Crippen molar-refractivity contribution >= 4 is 38.9 Å². The molecule has 73 heavy (non-hydrogen) atoms. The van der Waals surface area contributed by atoms with Gasteiger partial charge < -0.3 is 0 Å². The van der Waals surface area contributed by atoms with Crippen molar-refractivity contribution in [2.24, 2.45) is 0 Å². The summed E-state index contributed by atoms with van der Waals surface area (Å²) in [6.07, 6.45) is -55.5. The van der Waals surface area contributed by atoms with Gasteiger partial charge in [-0.1, -0.05) is 60.7 Å². The molecule has 394 valence electrons. The minimum absolute atomic E-state index is 0.441. The number of nitrogens with zero attached hydrogens (tertiary/aromatic N) is 1. The minimum Gasteiger partial charge on any atom is -0.199 e. The van der Waals surface area contributed by atoms with Crippen molar-refractivity contribution in [2.45, 2.75) is 56.0 Å². The van der Waals surface area contributed by atoms with Crippen LogP contribution in [0.15, 0.2) is 127 Å². The number of allylic oxidation sites excluding steroid dienone is 1. The molecule has 1 heterocycles. The fourth-order valence-corrected chi connectivity index (χ4v) is 7.64. The summed E-state index contributed by atoms with van der Waals surface area (Å²) in [5.74, 6) is -1.40. The molecule has 0 bridgehead atoms. The number of para-hydroxylation sites is 1. The van der Waals surface area contributed by atoms with Crippen LogP contribution in [0.25, 0.3) is 10.9 Å². The van der Waals surface area contributed by atoms with Gasteiger partial charge in [-0.3, -0.25) is 0 Å². The molecule has 0 aliphatic heterocycles. The lowest BCUT2D eigenvalue weighted by molar-refractivity contribution is -0.665. The maximum atomic E-state index is 14.2. The Kier molecular flexibility index (Phi) is 15.2. The summed E-state index contributed by atoms with van der Waals surface area (Å²) in [5, 5.41) is 0.886. The number of halogens is 27.